The zero-order valence-electron chi connectivity index (χ0n) is 12.3. The molecule has 0 aromatic heterocycles. The van der Waals surface area contributed by atoms with Gasteiger partial charge in [0, 0.05) is 10.9 Å². The van der Waals surface area contributed by atoms with Crippen molar-refractivity contribution in [1.29, 1.82) is 0 Å². The molecule has 0 unspecified atom stereocenters. The average Bonchev–Trinajstić information content (AvgIpc) is 3.09. The summed E-state index contributed by atoms with van der Waals surface area (Å²) >= 11 is 7.62. The van der Waals surface area contributed by atoms with Crippen molar-refractivity contribution in [3.63, 3.8) is 0 Å². The van der Waals surface area contributed by atoms with Crippen LogP contribution in [0.4, 0.5) is 0 Å². The minimum atomic E-state index is 0.121. The van der Waals surface area contributed by atoms with E-state index < -0.39 is 0 Å². The maximum absolute atomic E-state index is 12.1. The predicted octanol–water partition coefficient (Wildman–Crippen LogP) is 4.37. The molecule has 0 spiro atoms. The molecular formula is C17H22ClNOS. The van der Waals surface area contributed by atoms with Crippen LogP contribution in [0.5, 0.6) is 0 Å². The van der Waals surface area contributed by atoms with Gasteiger partial charge in [-0.2, -0.15) is 0 Å². The zero-order chi connectivity index (χ0) is 14.8. The Hall–Kier alpha value is -0.670. The summed E-state index contributed by atoms with van der Waals surface area (Å²) in [6.07, 6.45) is 5.47. The van der Waals surface area contributed by atoms with Crippen LogP contribution in [0.1, 0.15) is 32.6 Å². The van der Waals surface area contributed by atoms with Crippen molar-refractivity contribution < 1.29 is 4.79 Å². The van der Waals surface area contributed by atoms with E-state index in [1.165, 1.54) is 37.4 Å². The van der Waals surface area contributed by atoms with Gasteiger partial charge in [-0.25, -0.2) is 0 Å². The van der Waals surface area contributed by atoms with Gasteiger partial charge in [0.1, 0.15) is 0 Å². The van der Waals surface area contributed by atoms with Crippen LogP contribution >= 0.6 is 23.4 Å². The topological polar surface area (TPSA) is 29.1 Å². The molecule has 21 heavy (non-hydrogen) atoms. The molecule has 1 amide bonds. The summed E-state index contributed by atoms with van der Waals surface area (Å²) in [7, 11) is 0. The number of benzene rings is 1. The fourth-order valence-electron chi connectivity index (χ4n) is 4.01. The Bertz CT molecular complexity index is 521. The predicted molar refractivity (Wildman–Crippen MR) is 88.7 cm³/mol. The van der Waals surface area contributed by atoms with E-state index in [1.807, 2.05) is 24.3 Å². The summed E-state index contributed by atoms with van der Waals surface area (Å²) in [6.45, 7) is 2.17. The Morgan fingerprint density at radius 3 is 2.86 bits per heavy atom. The van der Waals surface area contributed by atoms with Crippen molar-refractivity contribution in [2.24, 2.45) is 17.8 Å². The van der Waals surface area contributed by atoms with E-state index >= 15 is 0 Å². The van der Waals surface area contributed by atoms with E-state index in [0.29, 0.717) is 17.7 Å². The molecule has 0 saturated heterocycles. The van der Waals surface area contributed by atoms with Crippen molar-refractivity contribution in [2.75, 3.05) is 5.75 Å². The minimum Gasteiger partial charge on any atom is -0.353 e. The van der Waals surface area contributed by atoms with Crippen molar-refractivity contribution in [1.82, 2.24) is 5.32 Å². The third-order valence-electron chi connectivity index (χ3n) is 5.02. The number of hydrogen-bond donors (Lipinski definition) is 1. The molecule has 4 atom stereocenters. The number of thioether (sulfide) groups is 1. The van der Waals surface area contributed by atoms with Gasteiger partial charge in [-0.05, 0) is 56.1 Å². The molecule has 2 fully saturated rings. The molecule has 1 aromatic carbocycles. The van der Waals surface area contributed by atoms with E-state index in [2.05, 4.69) is 12.2 Å². The SMILES string of the molecule is C[C@H](NC(=O)CSc1ccccc1Cl)[C@@H]1C[C@H]2CC[C@H]1C2. The van der Waals surface area contributed by atoms with Crippen LogP contribution in [-0.2, 0) is 4.79 Å². The summed E-state index contributed by atoms with van der Waals surface area (Å²) in [6, 6.07) is 7.98. The number of amides is 1. The second-order valence-electron chi connectivity index (χ2n) is 6.41. The molecule has 1 aromatic rings. The van der Waals surface area contributed by atoms with Gasteiger partial charge < -0.3 is 5.32 Å². The number of carbonyl (C=O) groups excluding carboxylic acids is 1. The highest BCUT2D eigenvalue weighted by Crippen LogP contribution is 2.49. The van der Waals surface area contributed by atoms with E-state index in [1.54, 1.807) is 0 Å². The highest BCUT2D eigenvalue weighted by Gasteiger charge is 2.42. The lowest BCUT2D eigenvalue weighted by molar-refractivity contribution is -0.119. The molecule has 2 bridgehead atoms. The van der Waals surface area contributed by atoms with Crippen molar-refractivity contribution in [3.05, 3.63) is 29.3 Å². The first-order chi connectivity index (χ1) is 10.1. The third-order valence-corrected chi connectivity index (χ3v) is 6.53. The minimum absolute atomic E-state index is 0.121. The lowest BCUT2D eigenvalue weighted by atomic mass is 9.84. The molecule has 4 heteroatoms. The number of halogens is 1. The van der Waals surface area contributed by atoms with Gasteiger partial charge in [-0.15, -0.1) is 11.8 Å². The number of fused-ring (bicyclic) bond motifs is 2. The fourth-order valence-corrected chi connectivity index (χ4v) is 5.06. The van der Waals surface area contributed by atoms with Crippen LogP contribution in [-0.4, -0.2) is 17.7 Å². The number of rotatable bonds is 5. The smallest absolute Gasteiger partial charge is 0.230 e. The maximum atomic E-state index is 12.1. The lowest BCUT2D eigenvalue weighted by Gasteiger charge is -2.28. The Labute approximate surface area is 136 Å². The first kappa shape index (κ1) is 15.2. The van der Waals surface area contributed by atoms with Gasteiger partial charge in [0.2, 0.25) is 5.91 Å². The van der Waals surface area contributed by atoms with Crippen LogP contribution in [0.15, 0.2) is 29.2 Å². The van der Waals surface area contributed by atoms with E-state index in [-0.39, 0.29) is 5.91 Å². The van der Waals surface area contributed by atoms with Crippen LogP contribution in [0.25, 0.3) is 0 Å². The van der Waals surface area contributed by atoms with Crippen molar-refractivity contribution >= 4 is 29.3 Å². The molecule has 114 valence electrons. The molecule has 2 nitrogen and oxygen atoms in total. The fraction of sp³-hybridized carbons (Fsp3) is 0.588. The summed E-state index contributed by atoms with van der Waals surface area (Å²) in [5.74, 6) is 3.03. The Morgan fingerprint density at radius 1 is 1.38 bits per heavy atom. The standard InChI is InChI=1S/C17H22ClNOS/c1-11(14-9-12-6-7-13(14)8-12)19-17(20)10-21-16-5-3-2-4-15(16)18/h2-5,11-14H,6-10H2,1H3,(H,19,20)/t11-,12-,13-,14-/m0/s1. The first-order valence-electron chi connectivity index (χ1n) is 7.80. The first-order valence-corrected chi connectivity index (χ1v) is 9.16. The zero-order valence-corrected chi connectivity index (χ0v) is 13.9. The number of carbonyl (C=O) groups is 1. The quantitative estimate of drug-likeness (QED) is 0.815. The second kappa shape index (κ2) is 6.62. The average molecular weight is 324 g/mol. The van der Waals surface area contributed by atoms with E-state index in [0.717, 1.165) is 21.8 Å². The molecule has 1 N–H and O–H groups in total. The third kappa shape index (κ3) is 3.57. The molecule has 2 aliphatic carbocycles. The largest absolute Gasteiger partial charge is 0.353 e. The lowest BCUT2D eigenvalue weighted by Crippen LogP contribution is -2.40. The summed E-state index contributed by atoms with van der Waals surface area (Å²) in [4.78, 5) is 13.1. The maximum Gasteiger partial charge on any atom is 0.230 e. The van der Waals surface area contributed by atoms with Gasteiger partial charge in [0.15, 0.2) is 0 Å². The highest BCUT2D eigenvalue weighted by atomic mass is 35.5. The second-order valence-corrected chi connectivity index (χ2v) is 7.84. The van der Waals surface area contributed by atoms with Crippen LogP contribution in [0, 0.1) is 17.8 Å². The van der Waals surface area contributed by atoms with Gasteiger partial charge in [-0.1, -0.05) is 30.2 Å². The molecule has 2 aliphatic rings. The molecule has 2 saturated carbocycles. The monoisotopic (exact) mass is 323 g/mol. The van der Waals surface area contributed by atoms with Crippen molar-refractivity contribution in [2.45, 2.75) is 43.5 Å². The molecule has 0 heterocycles. The molecular weight excluding hydrogens is 302 g/mol. The molecule has 0 radical (unpaired) electrons. The molecule has 3 rings (SSSR count). The summed E-state index contributed by atoms with van der Waals surface area (Å²) in [5, 5.41) is 3.91. The van der Waals surface area contributed by atoms with E-state index in [9.17, 15) is 4.79 Å². The van der Waals surface area contributed by atoms with E-state index in [4.69, 9.17) is 11.6 Å². The van der Waals surface area contributed by atoms with Gasteiger partial charge in [-0.3, -0.25) is 4.79 Å². The number of nitrogens with one attached hydrogen (secondary N) is 1. The van der Waals surface area contributed by atoms with Crippen LogP contribution < -0.4 is 5.32 Å². The molecule has 0 aliphatic heterocycles. The Morgan fingerprint density at radius 2 is 2.19 bits per heavy atom. The van der Waals surface area contributed by atoms with Crippen LogP contribution in [0.2, 0.25) is 5.02 Å². The Balaban J connectivity index is 1.47. The summed E-state index contributed by atoms with van der Waals surface area (Å²) in [5.41, 5.74) is 0. The van der Waals surface area contributed by atoms with Gasteiger partial charge in [0.25, 0.3) is 0 Å². The Kier molecular flexibility index (Phi) is 4.80. The highest BCUT2D eigenvalue weighted by molar-refractivity contribution is 8.00. The van der Waals surface area contributed by atoms with Crippen LogP contribution in [0.3, 0.4) is 0 Å². The number of hydrogen-bond acceptors (Lipinski definition) is 2. The normalized spacial score (nSPS) is 28.6. The summed E-state index contributed by atoms with van der Waals surface area (Å²) < 4.78 is 0. The van der Waals surface area contributed by atoms with Crippen molar-refractivity contribution in [3.8, 4) is 0 Å². The van der Waals surface area contributed by atoms with Gasteiger partial charge >= 0.3 is 0 Å². The van der Waals surface area contributed by atoms with Gasteiger partial charge in [0.05, 0.1) is 10.8 Å².